The molecule has 0 aromatic rings. The molecule has 8 N–H and O–H groups in total. The molecule has 1 aliphatic rings. The van der Waals surface area contributed by atoms with Gasteiger partial charge in [-0.2, -0.15) is 0 Å². The number of hydrogen-bond acceptors (Lipinski definition) is 15. The SMILES string of the molecule is CC[C@@H]1NC(=O)[C@H]([C@H](O)[C@H](C)CCCCCCN)N(C)C(=O)[C@H](C(C)C)N(C)C(=O)[C@H](CC(C)C)N(C)C(=O)[C@H](CC(C)C)N(C)C(=O)[C@@H](C)NC(=O)[C@H](C)NC(=O)[C@H](CC(C)C)N(C)C(=O)[C@H](C(C)C)NC(=O)[C@H](CC(C)C)N(C)C(=O)[C@@H](SCCCCCO)N(C)C1=O. The van der Waals surface area contributed by atoms with E-state index in [1.165, 1.54) is 92.6 Å². The van der Waals surface area contributed by atoms with E-state index in [0.717, 1.165) is 35.9 Å². The number of carbonyl (C=O) groups is 11. The van der Waals surface area contributed by atoms with Gasteiger partial charge in [0.25, 0.3) is 5.91 Å². The molecule has 11 amide bonds. The number of aliphatic hydroxyl groups is 2. The van der Waals surface area contributed by atoms with Crippen molar-refractivity contribution in [3.05, 3.63) is 0 Å². The second kappa shape index (κ2) is 42.3. The first kappa shape index (κ1) is 87.4. The lowest BCUT2D eigenvalue weighted by molar-refractivity contribution is -0.157. The molecule has 0 radical (unpaired) electrons. The fraction of sp³-hybridized carbons (Fsp3) is 0.841. The molecule has 0 aliphatic carbocycles. The Labute approximate surface area is 574 Å². The molecule has 0 aromatic heterocycles. The molecule has 1 heterocycles. The predicted molar refractivity (Wildman–Crippen MR) is 373 cm³/mol. The number of carbonyl (C=O) groups excluding carboxylic acids is 11. The first-order valence-electron chi connectivity index (χ1n) is 34.9. The summed E-state index contributed by atoms with van der Waals surface area (Å²) in [5.41, 5.74) is 5.77. The Morgan fingerprint density at radius 2 is 0.863 bits per heavy atom. The van der Waals surface area contributed by atoms with Crippen LogP contribution in [0.15, 0.2) is 0 Å². The number of aliphatic hydroxyl groups excluding tert-OH is 2. The van der Waals surface area contributed by atoms with Gasteiger partial charge < -0.3 is 71.5 Å². The zero-order valence-electron chi connectivity index (χ0n) is 62.3. The summed E-state index contributed by atoms with van der Waals surface area (Å²) in [6.45, 7) is 28.7. The van der Waals surface area contributed by atoms with Gasteiger partial charge in [0.2, 0.25) is 59.1 Å². The lowest BCUT2D eigenvalue weighted by Crippen LogP contribution is -2.64. The molecule has 26 heteroatoms. The third-order valence-corrected chi connectivity index (χ3v) is 19.5. The van der Waals surface area contributed by atoms with Crippen LogP contribution in [0.2, 0.25) is 0 Å². The number of likely N-dealkylation sites (N-methyl/N-ethyl adjacent to an activating group) is 7. The van der Waals surface area contributed by atoms with E-state index in [1.54, 1.807) is 41.5 Å². The molecule has 0 spiro atoms. The van der Waals surface area contributed by atoms with E-state index in [2.05, 4.69) is 21.3 Å². The van der Waals surface area contributed by atoms with Crippen LogP contribution in [0, 0.1) is 41.4 Å². The number of unbranched alkanes of at least 4 members (excludes halogenated alkanes) is 5. The summed E-state index contributed by atoms with van der Waals surface area (Å²) in [6.07, 6.45) is 4.26. The Bertz CT molecular complexity index is 2490. The zero-order valence-corrected chi connectivity index (χ0v) is 63.1. The number of amides is 11. The normalized spacial score (nSPS) is 26.0. The van der Waals surface area contributed by atoms with Gasteiger partial charge >= 0.3 is 0 Å². The summed E-state index contributed by atoms with van der Waals surface area (Å²) < 4.78 is 0. The van der Waals surface area contributed by atoms with Gasteiger partial charge in [0, 0.05) is 55.9 Å². The lowest BCUT2D eigenvalue weighted by atomic mass is 9.90. The number of nitrogens with two attached hydrogens (primary N) is 1. The van der Waals surface area contributed by atoms with E-state index in [0.29, 0.717) is 44.4 Å². The van der Waals surface area contributed by atoms with Gasteiger partial charge in [-0.15, -0.1) is 11.8 Å². The molecule has 0 bridgehead atoms. The van der Waals surface area contributed by atoms with Gasteiger partial charge in [-0.1, -0.05) is 123 Å². The molecule has 0 aromatic carbocycles. The molecule has 1 rings (SSSR count). The van der Waals surface area contributed by atoms with Crippen molar-refractivity contribution >= 4 is 76.7 Å². The fourth-order valence-corrected chi connectivity index (χ4v) is 13.3. The summed E-state index contributed by atoms with van der Waals surface area (Å²) in [4.78, 5) is 173. The topological polar surface area (TPSA) is 325 Å². The molecule has 1 fully saturated rings. The highest BCUT2D eigenvalue weighted by molar-refractivity contribution is 8.00. The number of rotatable bonds is 25. The largest absolute Gasteiger partial charge is 0.396 e. The summed E-state index contributed by atoms with van der Waals surface area (Å²) in [7, 11) is 10.0. The highest BCUT2D eigenvalue weighted by Gasteiger charge is 2.46. The van der Waals surface area contributed by atoms with Crippen molar-refractivity contribution in [1.29, 1.82) is 0 Å². The van der Waals surface area contributed by atoms with E-state index >= 15 is 28.8 Å². The fourth-order valence-electron chi connectivity index (χ4n) is 12.1. The zero-order chi connectivity index (χ0) is 73.2. The van der Waals surface area contributed by atoms with Crippen molar-refractivity contribution in [2.24, 2.45) is 47.2 Å². The minimum Gasteiger partial charge on any atom is -0.396 e. The maximum absolute atomic E-state index is 15.4. The molecule has 0 saturated carbocycles. The monoisotopic (exact) mass is 1360 g/mol. The summed E-state index contributed by atoms with van der Waals surface area (Å²) in [5, 5.41) is 31.9. The maximum Gasteiger partial charge on any atom is 0.256 e. The average molecular weight is 1370 g/mol. The highest BCUT2D eigenvalue weighted by Crippen LogP contribution is 2.28. The number of nitrogens with one attached hydrogen (secondary N) is 4. The maximum atomic E-state index is 15.4. The summed E-state index contributed by atoms with van der Waals surface area (Å²) in [6, 6.07) is -12.6. The minimum atomic E-state index is -1.63. The van der Waals surface area contributed by atoms with E-state index in [4.69, 9.17) is 5.73 Å². The van der Waals surface area contributed by atoms with Crippen LogP contribution in [0.5, 0.6) is 0 Å². The van der Waals surface area contributed by atoms with Crippen molar-refractivity contribution in [2.75, 3.05) is 68.2 Å². The Balaban J connectivity index is 4.54. The van der Waals surface area contributed by atoms with E-state index < -0.39 is 155 Å². The number of nitrogens with zero attached hydrogens (tertiary/aromatic N) is 7. The van der Waals surface area contributed by atoms with Gasteiger partial charge in [-0.3, -0.25) is 52.7 Å². The van der Waals surface area contributed by atoms with E-state index in [-0.39, 0.29) is 62.4 Å². The molecular formula is C69H128N12O13S. The molecule has 13 atom stereocenters. The van der Waals surface area contributed by atoms with Crippen LogP contribution in [-0.2, 0) is 52.7 Å². The highest BCUT2D eigenvalue weighted by atomic mass is 32.2. The van der Waals surface area contributed by atoms with Gasteiger partial charge in [-0.05, 0) is 125 Å². The van der Waals surface area contributed by atoms with Gasteiger partial charge in [-0.25, -0.2) is 0 Å². The van der Waals surface area contributed by atoms with Gasteiger partial charge in [0.1, 0.15) is 60.4 Å². The second-order valence-corrected chi connectivity index (χ2v) is 30.2. The smallest absolute Gasteiger partial charge is 0.256 e. The van der Waals surface area contributed by atoms with Crippen molar-refractivity contribution in [1.82, 2.24) is 55.6 Å². The van der Waals surface area contributed by atoms with Crippen molar-refractivity contribution < 1.29 is 63.0 Å². The van der Waals surface area contributed by atoms with Gasteiger partial charge in [0.05, 0.1) is 6.10 Å². The Kier molecular flexibility index (Phi) is 38.9. The van der Waals surface area contributed by atoms with Crippen LogP contribution in [0.25, 0.3) is 0 Å². The van der Waals surface area contributed by atoms with Crippen LogP contribution in [-0.4, -0.2) is 250 Å². The van der Waals surface area contributed by atoms with Crippen molar-refractivity contribution in [3.8, 4) is 0 Å². The van der Waals surface area contributed by atoms with Crippen LogP contribution >= 0.6 is 11.8 Å². The first-order chi connectivity index (χ1) is 44.2. The molecule has 95 heavy (non-hydrogen) atoms. The Morgan fingerprint density at radius 1 is 0.432 bits per heavy atom. The molecule has 0 unspecified atom stereocenters. The molecule has 548 valence electrons. The van der Waals surface area contributed by atoms with Gasteiger partial charge in [0.15, 0.2) is 5.37 Å². The standard InChI is InChI=1S/C69H128N12O13S/c1-24-49-63(89)81(23)69(95-35-31-27-30-34-82)68(94)76(18)51(37-41(4)5)60(86)74-54(44(10)11)66(92)75(17)50(36-40(2)3)59(85)71-47(15)58(84)72-48(16)62(88)77(19)52(38-42(6)7)64(90)78(20)53(39-43(8)9)65(91)79(21)55(45(12)13)67(93)80(22)56(61(87)73-49)57(83)46(14)32-28-25-26-29-33-70/h40-57,69,82-83H,24-39,70H2,1-23H3,(H,71,85)(H,72,84)(H,73,87)(H,74,86)/t46-,47+,48-,49+,50+,51+,52+,53+,54+,55+,56+,57-,69-/m1/s1. The number of hydrogen-bond donors (Lipinski definition) is 7. The summed E-state index contributed by atoms with van der Waals surface area (Å²) >= 11 is 1.14. The van der Waals surface area contributed by atoms with E-state index in [9.17, 15) is 34.2 Å². The molecule has 1 saturated heterocycles. The van der Waals surface area contributed by atoms with Crippen LogP contribution in [0.3, 0.4) is 0 Å². The predicted octanol–water partition coefficient (Wildman–Crippen LogP) is 4.43. The third kappa shape index (κ3) is 26.3. The Hall–Kier alpha value is -5.60. The minimum absolute atomic E-state index is 0.00842. The summed E-state index contributed by atoms with van der Waals surface area (Å²) in [5.74, 6) is -9.54. The van der Waals surface area contributed by atoms with E-state index in [1.807, 2.05) is 55.4 Å². The lowest BCUT2D eigenvalue weighted by Gasteiger charge is -2.41. The average Bonchev–Trinajstić information content (AvgIpc) is 0.811. The third-order valence-electron chi connectivity index (χ3n) is 18.1. The molecular weight excluding hydrogens is 1240 g/mol. The van der Waals surface area contributed by atoms with Crippen molar-refractivity contribution in [3.63, 3.8) is 0 Å². The molecule has 25 nitrogen and oxygen atoms in total. The number of thioether (sulfide) groups is 1. The van der Waals surface area contributed by atoms with Crippen LogP contribution in [0.4, 0.5) is 0 Å². The Morgan fingerprint density at radius 3 is 1.34 bits per heavy atom. The van der Waals surface area contributed by atoms with Crippen LogP contribution < -0.4 is 27.0 Å². The second-order valence-electron chi connectivity index (χ2n) is 29.0. The van der Waals surface area contributed by atoms with Crippen molar-refractivity contribution in [2.45, 2.75) is 266 Å². The first-order valence-corrected chi connectivity index (χ1v) is 35.9. The quantitative estimate of drug-likeness (QED) is 0.0622. The van der Waals surface area contributed by atoms with Crippen LogP contribution in [0.1, 0.15) is 194 Å². The molecule has 1 aliphatic heterocycles.